The van der Waals surface area contributed by atoms with Crippen LogP contribution in [0.2, 0.25) is 10.0 Å². The van der Waals surface area contributed by atoms with Gasteiger partial charge in [-0.3, -0.25) is 0 Å². The van der Waals surface area contributed by atoms with Gasteiger partial charge in [-0.05, 0) is 47.9 Å². The highest BCUT2D eigenvalue weighted by Gasteiger charge is 2.10. The zero-order valence-electron chi connectivity index (χ0n) is 8.34. The number of hydrogen-bond acceptors (Lipinski definition) is 2. The van der Waals surface area contributed by atoms with Crippen LogP contribution < -0.4 is 0 Å². The summed E-state index contributed by atoms with van der Waals surface area (Å²) in [5, 5.41) is 11.9. The van der Waals surface area contributed by atoms with Crippen LogP contribution in [0.25, 0.3) is 0 Å². The number of nitrogens with zero attached hydrogens (tertiary/aromatic N) is 1. The molecule has 1 aromatic rings. The van der Waals surface area contributed by atoms with Crippen LogP contribution in [0.3, 0.4) is 0 Å². The van der Waals surface area contributed by atoms with Gasteiger partial charge < -0.3 is 0 Å². The monoisotopic (exact) mass is 259 g/mol. The van der Waals surface area contributed by atoms with E-state index in [-0.39, 0.29) is 0 Å². The van der Waals surface area contributed by atoms with Crippen molar-refractivity contribution in [2.24, 2.45) is 0 Å². The first-order valence-corrected chi connectivity index (χ1v) is 6.35. The van der Waals surface area contributed by atoms with E-state index in [0.717, 1.165) is 22.8 Å². The fourth-order valence-corrected chi connectivity index (χ4v) is 2.38. The number of nitriles is 1. The SMILES string of the molecule is CC(CCSC#N)c1cc(Cl)ccc1Cl. The van der Waals surface area contributed by atoms with Gasteiger partial charge in [-0.25, -0.2) is 0 Å². The molecular formula is C11H11Cl2NS. The molecule has 0 radical (unpaired) electrons. The Morgan fingerprint density at radius 1 is 1.47 bits per heavy atom. The Labute approximate surface area is 104 Å². The first kappa shape index (κ1) is 12.7. The average Bonchev–Trinajstić information content (AvgIpc) is 2.22. The fraction of sp³-hybridized carbons (Fsp3) is 0.364. The predicted octanol–water partition coefficient (Wildman–Crippen LogP) is 4.70. The molecule has 1 nitrogen and oxygen atoms in total. The first-order valence-electron chi connectivity index (χ1n) is 4.61. The molecule has 1 unspecified atom stereocenters. The highest BCUT2D eigenvalue weighted by molar-refractivity contribution is 8.03. The lowest BCUT2D eigenvalue weighted by Gasteiger charge is -2.12. The summed E-state index contributed by atoms with van der Waals surface area (Å²) in [6, 6.07) is 5.49. The van der Waals surface area contributed by atoms with Crippen LogP contribution in [0.1, 0.15) is 24.8 Å². The zero-order chi connectivity index (χ0) is 11.3. The average molecular weight is 260 g/mol. The maximum absolute atomic E-state index is 8.41. The summed E-state index contributed by atoms with van der Waals surface area (Å²) in [5.74, 6) is 1.15. The Bertz CT molecular complexity index is 373. The highest BCUT2D eigenvalue weighted by atomic mass is 35.5. The molecule has 0 bridgehead atoms. The van der Waals surface area contributed by atoms with Gasteiger partial charge in [-0.2, -0.15) is 5.26 Å². The minimum atomic E-state index is 0.331. The molecule has 4 heteroatoms. The third-order valence-corrected chi connectivity index (χ3v) is 3.35. The molecule has 0 saturated heterocycles. The third kappa shape index (κ3) is 3.95. The van der Waals surface area contributed by atoms with Crippen molar-refractivity contribution in [3.63, 3.8) is 0 Å². The topological polar surface area (TPSA) is 23.8 Å². The van der Waals surface area contributed by atoms with Gasteiger partial charge in [0, 0.05) is 15.8 Å². The van der Waals surface area contributed by atoms with E-state index >= 15 is 0 Å². The molecule has 1 atom stereocenters. The number of thioether (sulfide) groups is 1. The standard InChI is InChI=1S/C11H11Cl2NS/c1-8(4-5-15-7-14)10-6-9(12)2-3-11(10)13/h2-3,6,8H,4-5H2,1H3. The molecule has 15 heavy (non-hydrogen) atoms. The minimum Gasteiger partial charge on any atom is -0.185 e. The van der Waals surface area contributed by atoms with Gasteiger partial charge in [0.05, 0.1) is 0 Å². The number of thiocyanates is 1. The normalized spacial score (nSPS) is 12.1. The van der Waals surface area contributed by atoms with E-state index < -0.39 is 0 Å². The van der Waals surface area contributed by atoms with Gasteiger partial charge >= 0.3 is 0 Å². The van der Waals surface area contributed by atoms with Gasteiger partial charge in [0.15, 0.2) is 0 Å². The molecular weight excluding hydrogens is 249 g/mol. The Kier molecular flexibility index (Phi) is 5.31. The van der Waals surface area contributed by atoms with E-state index in [2.05, 4.69) is 12.3 Å². The van der Waals surface area contributed by atoms with E-state index in [1.807, 2.05) is 12.1 Å². The Hall–Kier alpha value is -0.360. The quantitative estimate of drug-likeness (QED) is 0.578. The van der Waals surface area contributed by atoms with Gasteiger partial charge in [-0.1, -0.05) is 30.1 Å². The van der Waals surface area contributed by atoms with Crippen molar-refractivity contribution in [1.29, 1.82) is 5.26 Å². The molecule has 1 rings (SSSR count). The van der Waals surface area contributed by atoms with Crippen molar-refractivity contribution >= 4 is 35.0 Å². The molecule has 0 aliphatic rings. The van der Waals surface area contributed by atoms with Crippen molar-refractivity contribution in [1.82, 2.24) is 0 Å². The number of benzene rings is 1. The minimum absolute atomic E-state index is 0.331. The van der Waals surface area contributed by atoms with Gasteiger partial charge in [0.2, 0.25) is 0 Å². The highest BCUT2D eigenvalue weighted by Crippen LogP contribution is 2.30. The summed E-state index contributed by atoms with van der Waals surface area (Å²) < 4.78 is 0. The lowest BCUT2D eigenvalue weighted by atomic mass is 9.99. The second-order valence-electron chi connectivity index (χ2n) is 3.30. The summed E-state index contributed by atoms with van der Waals surface area (Å²) in [4.78, 5) is 0. The summed E-state index contributed by atoms with van der Waals surface area (Å²) in [6.45, 7) is 2.09. The smallest absolute Gasteiger partial charge is 0.133 e. The van der Waals surface area contributed by atoms with Gasteiger partial charge in [-0.15, -0.1) is 0 Å². The summed E-state index contributed by atoms with van der Waals surface area (Å²) in [6.07, 6.45) is 0.929. The Balaban J connectivity index is 2.69. The van der Waals surface area contributed by atoms with E-state index in [0.29, 0.717) is 10.9 Å². The van der Waals surface area contributed by atoms with E-state index in [1.165, 1.54) is 11.8 Å². The number of halogens is 2. The van der Waals surface area contributed by atoms with Crippen LogP contribution in [0.15, 0.2) is 18.2 Å². The lowest BCUT2D eigenvalue weighted by molar-refractivity contribution is 0.742. The van der Waals surface area contributed by atoms with E-state index in [9.17, 15) is 0 Å². The van der Waals surface area contributed by atoms with Gasteiger partial charge in [0.25, 0.3) is 0 Å². The summed E-state index contributed by atoms with van der Waals surface area (Å²) >= 11 is 13.3. The molecule has 0 saturated carbocycles. The van der Waals surface area contributed by atoms with Crippen molar-refractivity contribution in [2.45, 2.75) is 19.3 Å². The van der Waals surface area contributed by atoms with E-state index in [4.69, 9.17) is 28.5 Å². The molecule has 80 valence electrons. The molecule has 0 spiro atoms. The van der Waals surface area contributed by atoms with Crippen LogP contribution >= 0.6 is 35.0 Å². The summed E-state index contributed by atoms with van der Waals surface area (Å²) in [5.41, 5.74) is 1.06. The molecule has 0 aliphatic carbocycles. The van der Waals surface area contributed by atoms with Crippen LogP contribution in [0.5, 0.6) is 0 Å². The molecule has 0 aromatic heterocycles. The first-order chi connectivity index (χ1) is 7.15. The van der Waals surface area contributed by atoms with Crippen molar-refractivity contribution in [3.8, 4) is 5.40 Å². The molecule has 0 heterocycles. The van der Waals surface area contributed by atoms with Crippen LogP contribution in [-0.4, -0.2) is 5.75 Å². The van der Waals surface area contributed by atoms with Crippen molar-refractivity contribution < 1.29 is 0 Å². The number of hydrogen-bond donors (Lipinski definition) is 0. The van der Waals surface area contributed by atoms with Crippen molar-refractivity contribution in [2.75, 3.05) is 5.75 Å². The lowest BCUT2D eigenvalue weighted by Crippen LogP contribution is -1.96. The Morgan fingerprint density at radius 3 is 2.87 bits per heavy atom. The fourth-order valence-electron chi connectivity index (χ4n) is 1.33. The second-order valence-corrected chi connectivity index (χ2v) is 5.02. The van der Waals surface area contributed by atoms with Crippen molar-refractivity contribution in [3.05, 3.63) is 33.8 Å². The van der Waals surface area contributed by atoms with Crippen LogP contribution in [0.4, 0.5) is 0 Å². The molecule has 0 fully saturated rings. The third-order valence-electron chi connectivity index (χ3n) is 2.21. The summed E-state index contributed by atoms with van der Waals surface area (Å²) in [7, 11) is 0. The maximum atomic E-state index is 8.41. The van der Waals surface area contributed by atoms with Crippen LogP contribution in [-0.2, 0) is 0 Å². The predicted molar refractivity (Wildman–Crippen MR) is 67.6 cm³/mol. The largest absolute Gasteiger partial charge is 0.185 e. The second kappa shape index (κ2) is 6.27. The maximum Gasteiger partial charge on any atom is 0.133 e. The number of rotatable bonds is 4. The van der Waals surface area contributed by atoms with Crippen LogP contribution in [0, 0.1) is 10.7 Å². The van der Waals surface area contributed by atoms with E-state index in [1.54, 1.807) is 6.07 Å². The molecule has 1 aromatic carbocycles. The van der Waals surface area contributed by atoms with Gasteiger partial charge in [0.1, 0.15) is 5.40 Å². The molecule has 0 N–H and O–H groups in total. The molecule has 0 aliphatic heterocycles. The molecule has 0 amide bonds. The zero-order valence-corrected chi connectivity index (χ0v) is 10.7. The Morgan fingerprint density at radius 2 is 2.20 bits per heavy atom.